The van der Waals surface area contributed by atoms with Gasteiger partial charge in [-0.25, -0.2) is 4.98 Å². The Labute approximate surface area is 364 Å². The molecule has 3 aromatic rings. The minimum Gasteiger partial charge on any atom is -0.370 e. The van der Waals surface area contributed by atoms with E-state index in [1.165, 1.54) is 26.4 Å². The van der Waals surface area contributed by atoms with Gasteiger partial charge in [0.25, 0.3) is 0 Å². The Hall–Kier alpha value is -6.84. The minimum atomic E-state index is -1.31. The third-order valence-corrected chi connectivity index (χ3v) is 9.98. The number of aromatic amines is 2. The monoisotopic (exact) mass is 879 g/mol. The Kier molecular flexibility index (Phi) is 19.2. The van der Waals surface area contributed by atoms with Gasteiger partial charge in [0.05, 0.1) is 12.9 Å². The minimum absolute atomic E-state index is 0.0195. The van der Waals surface area contributed by atoms with E-state index in [9.17, 15) is 43.2 Å². The number of imidazole rings is 1. The fraction of sp³-hybridized carbons (Fsp3) is 0.512. The standard InChI is InChI=1S/C41H61N13O9/c1-20(2)13-29(35(44)57)51-40(62)31(15-25-18-45-19-47-25)52-36(58)22(5)49-41(63)34(21(3)4)54-37(59)23(6)48-39(61)30(14-24-17-46-27-10-8-7-9-26(24)27)53-38(60)28(11-12-32(43)55)50-33(56)16-42/h7-10,17-23,28-31,34,46H,11-16,42H2,1-6H3,(H2,43,55)(H2,44,57)(H,45,47)(H,48,61)(H,49,63)(H,50,56)(H,51,62)(H,52,58)(H,53,60)(H,54,59)/t22-,23+,28+,29+,30+,31+,34+/m1/s1. The lowest BCUT2D eigenvalue weighted by atomic mass is 10.0. The van der Waals surface area contributed by atoms with Crippen molar-refractivity contribution in [3.8, 4) is 0 Å². The van der Waals surface area contributed by atoms with Gasteiger partial charge in [-0.05, 0) is 50.2 Å². The molecular formula is C41H61N13O9. The molecule has 2 aromatic heterocycles. The Bertz CT molecular complexity index is 2090. The van der Waals surface area contributed by atoms with Gasteiger partial charge in [0.2, 0.25) is 53.2 Å². The van der Waals surface area contributed by atoms with Crippen molar-refractivity contribution in [2.75, 3.05) is 6.54 Å². The Balaban J connectivity index is 1.74. The highest BCUT2D eigenvalue weighted by Gasteiger charge is 2.33. The highest BCUT2D eigenvalue weighted by Crippen LogP contribution is 2.19. The van der Waals surface area contributed by atoms with Crippen LogP contribution in [0, 0.1) is 11.8 Å². The van der Waals surface area contributed by atoms with Crippen LogP contribution in [0.1, 0.15) is 72.1 Å². The third kappa shape index (κ3) is 15.9. The number of hydrogen-bond donors (Lipinski definition) is 12. The topological polar surface area (TPSA) is 360 Å². The molecule has 22 nitrogen and oxygen atoms in total. The fourth-order valence-corrected chi connectivity index (χ4v) is 6.48. The quantitative estimate of drug-likeness (QED) is 0.0423. The van der Waals surface area contributed by atoms with Crippen LogP contribution in [0.5, 0.6) is 0 Å². The summed E-state index contributed by atoms with van der Waals surface area (Å²) in [5, 5.41) is 18.8. The van der Waals surface area contributed by atoms with Crippen molar-refractivity contribution >= 4 is 64.1 Å². The molecule has 3 rings (SSSR count). The predicted octanol–water partition coefficient (Wildman–Crippen LogP) is -2.48. The van der Waals surface area contributed by atoms with E-state index in [0.717, 1.165) is 10.9 Å². The zero-order valence-corrected chi connectivity index (χ0v) is 36.3. The van der Waals surface area contributed by atoms with Gasteiger partial charge in [0, 0.05) is 48.3 Å². The number of carbonyl (C=O) groups excluding carboxylic acids is 9. The first-order chi connectivity index (χ1) is 29.7. The maximum atomic E-state index is 13.9. The molecule has 0 aliphatic carbocycles. The summed E-state index contributed by atoms with van der Waals surface area (Å²) in [6.45, 7) is 9.32. The van der Waals surface area contributed by atoms with Gasteiger partial charge in [-0.1, -0.05) is 45.9 Å². The van der Waals surface area contributed by atoms with E-state index in [0.29, 0.717) is 11.3 Å². The van der Waals surface area contributed by atoms with E-state index in [2.05, 4.69) is 52.2 Å². The van der Waals surface area contributed by atoms with Crippen LogP contribution >= 0.6 is 0 Å². The molecule has 0 radical (unpaired) electrons. The van der Waals surface area contributed by atoms with Gasteiger partial charge in [0.15, 0.2) is 0 Å². The number of fused-ring (bicyclic) bond motifs is 1. The lowest BCUT2D eigenvalue weighted by Gasteiger charge is -2.27. The average molecular weight is 880 g/mol. The summed E-state index contributed by atoms with van der Waals surface area (Å²) in [6, 6.07) is -1.21. The van der Waals surface area contributed by atoms with Gasteiger partial charge in [-0.2, -0.15) is 0 Å². The van der Waals surface area contributed by atoms with Gasteiger partial charge in [0.1, 0.15) is 42.3 Å². The molecule has 0 aliphatic heterocycles. The molecule has 0 saturated carbocycles. The number of nitrogens with two attached hydrogens (primary N) is 3. The SMILES string of the molecule is CC(C)C[C@H](NC(=O)[C@H](Cc1cnc[nH]1)NC(=O)[C@@H](C)NC(=O)[C@@H](NC(=O)[C@H](C)NC(=O)[C@H](Cc1c[nH]c2ccccc12)NC(=O)[C@H](CCC(N)=O)NC(=O)CN)C(C)C)C(N)=O. The number of carbonyl (C=O) groups is 9. The smallest absolute Gasteiger partial charge is 0.243 e. The van der Waals surface area contributed by atoms with Crippen LogP contribution in [0.4, 0.5) is 0 Å². The molecule has 0 bridgehead atoms. The second-order valence-corrected chi connectivity index (χ2v) is 16.1. The number of nitrogens with zero attached hydrogens (tertiary/aromatic N) is 1. The highest BCUT2D eigenvalue weighted by molar-refractivity contribution is 5.98. The number of primary amides is 2. The number of hydrogen-bond acceptors (Lipinski definition) is 11. The van der Waals surface area contributed by atoms with Crippen LogP contribution in [0.2, 0.25) is 0 Å². The van der Waals surface area contributed by atoms with Crippen LogP contribution in [-0.2, 0) is 56.0 Å². The molecule has 7 atom stereocenters. The van der Waals surface area contributed by atoms with Crippen LogP contribution in [-0.4, -0.2) is 117 Å². The van der Waals surface area contributed by atoms with Gasteiger partial charge in [-0.3, -0.25) is 43.2 Å². The van der Waals surface area contributed by atoms with Crippen LogP contribution in [0.15, 0.2) is 43.0 Å². The molecule has 0 fully saturated rings. The number of para-hydroxylation sites is 1. The van der Waals surface area contributed by atoms with Crippen molar-refractivity contribution in [3.63, 3.8) is 0 Å². The first kappa shape index (κ1) is 50.5. The molecule has 2 heterocycles. The molecule has 0 spiro atoms. The molecule has 22 heteroatoms. The first-order valence-corrected chi connectivity index (χ1v) is 20.6. The molecule has 0 aliphatic rings. The maximum Gasteiger partial charge on any atom is 0.243 e. The highest BCUT2D eigenvalue weighted by atomic mass is 16.2. The third-order valence-electron chi connectivity index (χ3n) is 9.98. The Morgan fingerprint density at radius 2 is 1.22 bits per heavy atom. The van der Waals surface area contributed by atoms with Crippen molar-refractivity contribution in [1.29, 1.82) is 0 Å². The Morgan fingerprint density at radius 1 is 0.651 bits per heavy atom. The van der Waals surface area contributed by atoms with Gasteiger partial charge < -0.3 is 64.4 Å². The molecule has 0 unspecified atom stereocenters. The molecule has 1 aromatic carbocycles. The molecular weight excluding hydrogens is 819 g/mol. The van der Waals surface area contributed by atoms with Gasteiger partial charge in [-0.15, -0.1) is 0 Å². The van der Waals surface area contributed by atoms with Gasteiger partial charge >= 0.3 is 0 Å². The van der Waals surface area contributed by atoms with E-state index >= 15 is 0 Å². The molecule has 344 valence electrons. The summed E-state index contributed by atoms with van der Waals surface area (Å²) in [6.07, 6.45) is 4.27. The van der Waals surface area contributed by atoms with E-state index in [1.807, 2.05) is 32.0 Å². The first-order valence-electron chi connectivity index (χ1n) is 20.6. The number of rotatable bonds is 25. The van der Waals surface area contributed by atoms with E-state index in [1.54, 1.807) is 26.1 Å². The predicted molar refractivity (Wildman–Crippen MR) is 230 cm³/mol. The lowest BCUT2D eigenvalue weighted by molar-refractivity contribution is -0.135. The number of benzene rings is 1. The average Bonchev–Trinajstić information content (AvgIpc) is 3.89. The van der Waals surface area contributed by atoms with E-state index < -0.39 is 108 Å². The summed E-state index contributed by atoms with van der Waals surface area (Å²) in [4.78, 5) is 127. The maximum absolute atomic E-state index is 13.9. The Morgan fingerprint density at radius 3 is 1.81 bits per heavy atom. The fourth-order valence-electron chi connectivity index (χ4n) is 6.48. The van der Waals surface area contributed by atoms with Crippen LogP contribution < -0.4 is 54.4 Å². The van der Waals surface area contributed by atoms with Crippen LogP contribution in [0.25, 0.3) is 10.9 Å². The summed E-state index contributed by atoms with van der Waals surface area (Å²) in [5.74, 6) is -7.20. The number of H-pyrrole nitrogens is 2. The summed E-state index contributed by atoms with van der Waals surface area (Å²) < 4.78 is 0. The summed E-state index contributed by atoms with van der Waals surface area (Å²) >= 11 is 0. The number of aromatic nitrogens is 3. The second kappa shape index (κ2) is 24.0. The van der Waals surface area contributed by atoms with E-state index in [-0.39, 0.29) is 38.0 Å². The second-order valence-electron chi connectivity index (χ2n) is 16.1. The van der Waals surface area contributed by atoms with Crippen LogP contribution in [0.3, 0.4) is 0 Å². The van der Waals surface area contributed by atoms with Crippen molar-refractivity contribution in [1.82, 2.24) is 52.2 Å². The number of amides is 9. The van der Waals surface area contributed by atoms with Crippen molar-refractivity contribution < 1.29 is 43.2 Å². The zero-order chi connectivity index (χ0) is 47.0. The zero-order valence-electron chi connectivity index (χ0n) is 36.3. The summed E-state index contributed by atoms with van der Waals surface area (Å²) in [7, 11) is 0. The number of nitrogens with one attached hydrogen (secondary N) is 9. The van der Waals surface area contributed by atoms with Crippen molar-refractivity contribution in [3.05, 3.63) is 54.2 Å². The molecule has 15 N–H and O–H groups in total. The molecule has 63 heavy (non-hydrogen) atoms. The van der Waals surface area contributed by atoms with E-state index in [4.69, 9.17) is 17.2 Å². The molecule has 0 saturated heterocycles. The van der Waals surface area contributed by atoms with Crippen molar-refractivity contribution in [2.24, 2.45) is 29.0 Å². The molecule has 9 amide bonds. The largest absolute Gasteiger partial charge is 0.370 e. The summed E-state index contributed by atoms with van der Waals surface area (Å²) in [5.41, 5.74) is 18.1. The normalized spacial score (nSPS) is 14.6. The van der Waals surface area contributed by atoms with Crippen molar-refractivity contribution in [2.45, 2.75) is 116 Å². The lowest BCUT2D eigenvalue weighted by Crippen LogP contribution is -2.60.